The van der Waals surface area contributed by atoms with E-state index < -0.39 is 11.9 Å². The van der Waals surface area contributed by atoms with Crippen molar-refractivity contribution in [3.05, 3.63) is 41.7 Å². The first-order chi connectivity index (χ1) is 7.91. The molecule has 1 nitrogen and oxygen atoms in total. The molecule has 2 rings (SSSR count). The lowest BCUT2D eigenvalue weighted by atomic mass is 9.95. The first kappa shape index (κ1) is 11.9. The Morgan fingerprint density at radius 1 is 1.12 bits per heavy atom. The number of pyridine rings is 1. The van der Waals surface area contributed by atoms with Crippen LogP contribution in [-0.4, -0.2) is 4.98 Å². The third-order valence-electron chi connectivity index (χ3n) is 2.68. The maximum absolute atomic E-state index is 12.9. The molecule has 0 amide bonds. The Hall–Kier alpha value is -1.58. The molecule has 0 aliphatic carbocycles. The number of hydrogen-bond donors (Lipinski definition) is 0. The summed E-state index contributed by atoms with van der Waals surface area (Å²) in [5.41, 5.74) is -0.498. The Morgan fingerprint density at radius 3 is 2.35 bits per heavy atom. The van der Waals surface area contributed by atoms with Crippen LogP contribution in [0.4, 0.5) is 13.2 Å². The van der Waals surface area contributed by atoms with Crippen LogP contribution in [-0.2, 0) is 6.18 Å². The second kappa shape index (κ2) is 4.02. The van der Waals surface area contributed by atoms with Crippen molar-refractivity contribution in [2.75, 3.05) is 0 Å². The molecule has 0 saturated carbocycles. The van der Waals surface area contributed by atoms with Gasteiger partial charge in [0.1, 0.15) is 5.69 Å². The van der Waals surface area contributed by atoms with Crippen LogP contribution in [0.3, 0.4) is 0 Å². The fraction of sp³-hybridized carbons (Fsp3) is 0.308. The number of nitrogens with zero attached hydrogens (tertiary/aromatic N) is 1. The summed E-state index contributed by atoms with van der Waals surface area (Å²) in [4.78, 5) is 3.57. The van der Waals surface area contributed by atoms with E-state index in [4.69, 9.17) is 0 Å². The molecule has 0 aliphatic rings. The lowest BCUT2D eigenvalue weighted by Gasteiger charge is -2.16. The molecule has 0 spiro atoms. The van der Waals surface area contributed by atoms with Gasteiger partial charge in [-0.1, -0.05) is 38.1 Å². The summed E-state index contributed by atoms with van der Waals surface area (Å²) >= 11 is 0. The van der Waals surface area contributed by atoms with Crippen molar-refractivity contribution in [1.82, 2.24) is 4.98 Å². The first-order valence-corrected chi connectivity index (χ1v) is 5.36. The Morgan fingerprint density at radius 2 is 1.76 bits per heavy atom. The molecule has 1 aromatic carbocycles. The van der Waals surface area contributed by atoms with Crippen LogP contribution in [0.5, 0.6) is 0 Å². The first-order valence-electron chi connectivity index (χ1n) is 5.36. The molecule has 2 aromatic rings. The number of aromatic nitrogens is 1. The molecule has 90 valence electrons. The van der Waals surface area contributed by atoms with Gasteiger partial charge >= 0.3 is 6.18 Å². The highest BCUT2D eigenvalue weighted by molar-refractivity contribution is 5.86. The normalized spacial score (nSPS) is 12.4. The number of fused-ring (bicyclic) bond motifs is 1. The van der Waals surface area contributed by atoms with Crippen molar-refractivity contribution in [2.24, 2.45) is 0 Å². The average Bonchev–Trinajstić information content (AvgIpc) is 2.26. The highest BCUT2D eigenvalue weighted by Crippen LogP contribution is 2.37. The van der Waals surface area contributed by atoms with Crippen LogP contribution in [0.15, 0.2) is 30.5 Å². The average molecular weight is 239 g/mol. The molecule has 0 aliphatic heterocycles. The Kier molecular flexibility index (Phi) is 2.81. The molecule has 0 fully saturated rings. The molecule has 0 unspecified atom stereocenters. The standard InChI is InChI=1S/C13H12F3N/c1-8(2)11-10-6-4-3-5-9(10)7-17-12(11)13(14,15)16/h3-8H,1-2H3. The minimum Gasteiger partial charge on any atom is -0.251 e. The monoisotopic (exact) mass is 239 g/mol. The van der Waals surface area contributed by atoms with Crippen molar-refractivity contribution in [1.29, 1.82) is 0 Å². The fourth-order valence-corrected chi connectivity index (χ4v) is 2.00. The minimum absolute atomic E-state index is 0.217. The predicted molar refractivity (Wildman–Crippen MR) is 60.8 cm³/mol. The molecule has 0 atom stereocenters. The molecular weight excluding hydrogens is 227 g/mol. The van der Waals surface area contributed by atoms with Crippen LogP contribution in [0.25, 0.3) is 10.8 Å². The van der Waals surface area contributed by atoms with E-state index in [-0.39, 0.29) is 11.5 Å². The van der Waals surface area contributed by atoms with Crippen LogP contribution in [0.1, 0.15) is 31.0 Å². The van der Waals surface area contributed by atoms with E-state index in [0.29, 0.717) is 5.39 Å². The van der Waals surface area contributed by atoms with E-state index in [1.54, 1.807) is 38.1 Å². The Bertz CT molecular complexity index is 544. The minimum atomic E-state index is -4.40. The van der Waals surface area contributed by atoms with E-state index in [0.717, 1.165) is 5.39 Å². The fourth-order valence-electron chi connectivity index (χ4n) is 2.00. The molecule has 0 radical (unpaired) electrons. The summed E-state index contributed by atoms with van der Waals surface area (Å²) in [5, 5.41) is 1.37. The van der Waals surface area contributed by atoms with Crippen molar-refractivity contribution in [2.45, 2.75) is 25.9 Å². The Labute approximate surface area is 97.3 Å². The number of halogens is 3. The second-order valence-corrected chi connectivity index (χ2v) is 4.26. The quantitative estimate of drug-likeness (QED) is 0.719. The smallest absolute Gasteiger partial charge is 0.251 e. The lowest BCUT2D eigenvalue weighted by Crippen LogP contribution is -2.13. The molecule has 1 aromatic heterocycles. The largest absolute Gasteiger partial charge is 0.433 e. The van der Waals surface area contributed by atoms with Crippen LogP contribution in [0.2, 0.25) is 0 Å². The zero-order valence-electron chi connectivity index (χ0n) is 9.55. The topological polar surface area (TPSA) is 12.9 Å². The van der Waals surface area contributed by atoms with Gasteiger partial charge in [0.05, 0.1) is 0 Å². The number of rotatable bonds is 1. The highest BCUT2D eigenvalue weighted by Gasteiger charge is 2.36. The van der Waals surface area contributed by atoms with Crippen LogP contribution >= 0.6 is 0 Å². The maximum Gasteiger partial charge on any atom is 0.433 e. The maximum atomic E-state index is 12.9. The van der Waals surface area contributed by atoms with Gasteiger partial charge in [0.25, 0.3) is 0 Å². The zero-order valence-corrected chi connectivity index (χ0v) is 9.55. The van der Waals surface area contributed by atoms with Crippen molar-refractivity contribution in [3.8, 4) is 0 Å². The van der Waals surface area contributed by atoms with Gasteiger partial charge < -0.3 is 0 Å². The summed E-state index contributed by atoms with van der Waals surface area (Å²) in [5.74, 6) is -0.217. The van der Waals surface area contributed by atoms with Crippen LogP contribution in [0, 0.1) is 0 Å². The second-order valence-electron chi connectivity index (χ2n) is 4.26. The molecule has 0 N–H and O–H groups in total. The van der Waals surface area contributed by atoms with E-state index in [1.807, 2.05) is 0 Å². The van der Waals surface area contributed by atoms with E-state index in [2.05, 4.69) is 4.98 Å². The summed E-state index contributed by atoms with van der Waals surface area (Å²) in [6.07, 6.45) is -3.12. The summed E-state index contributed by atoms with van der Waals surface area (Å²) < 4.78 is 38.6. The summed E-state index contributed by atoms with van der Waals surface area (Å²) in [7, 11) is 0. The van der Waals surface area contributed by atoms with Gasteiger partial charge in [-0.15, -0.1) is 0 Å². The highest BCUT2D eigenvalue weighted by atomic mass is 19.4. The number of hydrogen-bond acceptors (Lipinski definition) is 1. The number of benzene rings is 1. The molecule has 0 bridgehead atoms. The summed E-state index contributed by atoms with van der Waals surface area (Å²) in [6, 6.07) is 7.02. The van der Waals surface area contributed by atoms with Crippen molar-refractivity contribution < 1.29 is 13.2 Å². The molecule has 17 heavy (non-hydrogen) atoms. The van der Waals surface area contributed by atoms with Gasteiger partial charge in [-0.3, -0.25) is 4.98 Å². The molecule has 0 saturated heterocycles. The van der Waals surface area contributed by atoms with Crippen molar-refractivity contribution >= 4 is 10.8 Å². The lowest BCUT2D eigenvalue weighted by molar-refractivity contribution is -0.141. The molecule has 1 heterocycles. The van der Waals surface area contributed by atoms with E-state index >= 15 is 0 Å². The molecule has 4 heteroatoms. The SMILES string of the molecule is CC(C)c1c(C(F)(F)F)ncc2ccccc12. The summed E-state index contributed by atoms with van der Waals surface area (Å²) in [6.45, 7) is 3.50. The molecular formula is C13H12F3N. The predicted octanol–water partition coefficient (Wildman–Crippen LogP) is 4.38. The van der Waals surface area contributed by atoms with Crippen molar-refractivity contribution in [3.63, 3.8) is 0 Å². The third kappa shape index (κ3) is 2.12. The Balaban J connectivity index is 2.82. The third-order valence-corrected chi connectivity index (χ3v) is 2.68. The van der Waals surface area contributed by atoms with Crippen LogP contribution < -0.4 is 0 Å². The van der Waals surface area contributed by atoms with Gasteiger partial charge in [0, 0.05) is 11.6 Å². The van der Waals surface area contributed by atoms with E-state index in [1.165, 1.54) is 6.20 Å². The zero-order chi connectivity index (χ0) is 12.6. The van der Waals surface area contributed by atoms with E-state index in [9.17, 15) is 13.2 Å². The van der Waals surface area contributed by atoms with Gasteiger partial charge in [-0.25, -0.2) is 0 Å². The van der Waals surface area contributed by atoms with Gasteiger partial charge in [-0.05, 0) is 16.9 Å². The van der Waals surface area contributed by atoms with Gasteiger partial charge in [-0.2, -0.15) is 13.2 Å². The van der Waals surface area contributed by atoms with Gasteiger partial charge in [0.15, 0.2) is 0 Å². The van der Waals surface area contributed by atoms with Gasteiger partial charge in [0.2, 0.25) is 0 Å². The number of alkyl halides is 3.